The summed E-state index contributed by atoms with van der Waals surface area (Å²) in [4.78, 5) is 2.72. The van der Waals surface area contributed by atoms with E-state index in [0.29, 0.717) is 18.2 Å². The predicted octanol–water partition coefficient (Wildman–Crippen LogP) is 2.02. The van der Waals surface area contributed by atoms with Crippen LogP contribution in [0, 0.1) is 0 Å². The minimum Gasteiger partial charge on any atom is -0.381 e. The average molecular weight is 240 g/mol. The Balaban J connectivity index is 1.86. The highest BCUT2D eigenvalue weighted by Crippen LogP contribution is 2.27. The van der Waals surface area contributed by atoms with E-state index in [0.717, 1.165) is 6.04 Å². The van der Waals surface area contributed by atoms with Gasteiger partial charge in [0.1, 0.15) is 0 Å². The molecule has 2 fully saturated rings. The molecule has 4 unspecified atom stereocenters. The molecule has 0 aromatic rings. The topological polar surface area (TPSA) is 24.5 Å². The number of rotatable bonds is 2. The first-order chi connectivity index (χ1) is 8.19. The normalized spacial score (nSPS) is 41.1. The molecule has 1 aliphatic carbocycles. The van der Waals surface area contributed by atoms with Crippen LogP contribution in [0.2, 0.25) is 0 Å². The van der Waals surface area contributed by atoms with Crippen molar-refractivity contribution >= 4 is 0 Å². The van der Waals surface area contributed by atoms with Crippen LogP contribution in [0.3, 0.4) is 0 Å². The highest BCUT2D eigenvalue weighted by molar-refractivity contribution is 4.86. The van der Waals surface area contributed by atoms with Gasteiger partial charge in [-0.15, -0.1) is 0 Å². The van der Waals surface area contributed by atoms with Crippen molar-refractivity contribution in [2.45, 2.75) is 70.2 Å². The summed E-state index contributed by atoms with van der Waals surface area (Å²) in [5.74, 6) is 0. The second kappa shape index (κ2) is 6.17. The van der Waals surface area contributed by atoms with E-state index in [1.54, 1.807) is 0 Å². The predicted molar refractivity (Wildman–Crippen MR) is 71.3 cm³/mol. The van der Waals surface area contributed by atoms with Gasteiger partial charge in [-0.25, -0.2) is 0 Å². The Labute approximate surface area is 106 Å². The van der Waals surface area contributed by atoms with Crippen molar-refractivity contribution in [3.05, 3.63) is 0 Å². The molecule has 1 N–H and O–H groups in total. The second-order valence-electron chi connectivity index (χ2n) is 5.91. The van der Waals surface area contributed by atoms with E-state index < -0.39 is 0 Å². The maximum absolute atomic E-state index is 5.49. The molecule has 1 saturated heterocycles. The van der Waals surface area contributed by atoms with Gasteiger partial charge in [-0.3, -0.25) is 0 Å². The van der Waals surface area contributed by atoms with E-state index in [1.165, 1.54) is 45.2 Å². The number of ether oxygens (including phenoxy) is 1. The van der Waals surface area contributed by atoms with Crippen molar-refractivity contribution in [3.8, 4) is 0 Å². The summed E-state index contributed by atoms with van der Waals surface area (Å²) in [6.07, 6.45) is 6.89. The van der Waals surface area contributed by atoms with Crippen LogP contribution in [0.1, 0.15) is 46.0 Å². The van der Waals surface area contributed by atoms with Crippen LogP contribution < -0.4 is 5.32 Å². The molecule has 0 amide bonds. The van der Waals surface area contributed by atoms with E-state index in [2.05, 4.69) is 24.1 Å². The van der Waals surface area contributed by atoms with Crippen molar-refractivity contribution in [1.29, 1.82) is 0 Å². The first-order valence-electron chi connectivity index (χ1n) is 7.22. The van der Waals surface area contributed by atoms with E-state index in [9.17, 15) is 0 Å². The lowest BCUT2D eigenvalue weighted by atomic mass is 10.1. The van der Waals surface area contributed by atoms with Gasteiger partial charge in [0, 0.05) is 25.2 Å². The van der Waals surface area contributed by atoms with Crippen LogP contribution in [-0.4, -0.2) is 49.3 Å². The van der Waals surface area contributed by atoms with Crippen molar-refractivity contribution < 1.29 is 4.74 Å². The SMILES string of the molecule is COC1CCC(N2CCC(C)NC(C)CC2)C1. The molecule has 3 heteroatoms. The highest BCUT2D eigenvalue weighted by Gasteiger charge is 2.30. The molecule has 0 radical (unpaired) electrons. The molecule has 100 valence electrons. The molecule has 2 aliphatic rings. The summed E-state index contributed by atoms with van der Waals surface area (Å²) in [5, 5.41) is 3.66. The minimum absolute atomic E-state index is 0.512. The van der Waals surface area contributed by atoms with Gasteiger partial charge in [-0.2, -0.15) is 0 Å². The van der Waals surface area contributed by atoms with Gasteiger partial charge in [0.2, 0.25) is 0 Å². The summed E-state index contributed by atoms with van der Waals surface area (Å²) in [6, 6.07) is 2.09. The Morgan fingerprint density at radius 1 is 1.00 bits per heavy atom. The summed E-state index contributed by atoms with van der Waals surface area (Å²) < 4.78 is 5.49. The quantitative estimate of drug-likeness (QED) is 0.799. The Morgan fingerprint density at radius 3 is 2.18 bits per heavy atom. The molecule has 2 rings (SSSR count). The van der Waals surface area contributed by atoms with Gasteiger partial charge in [0.25, 0.3) is 0 Å². The molecule has 3 nitrogen and oxygen atoms in total. The molecule has 0 aromatic heterocycles. The fraction of sp³-hybridized carbons (Fsp3) is 1.00. The van der Waals surface area contributed by atoms with Gasteiger partial charge >= 0.3 is 0 Å². The zero-order valence-electron chi connectivity index (χ0n) is 11.6. The minimum atomic E-state index is 0.512. The van der Waals surface area contributed by atoms with Gasteiger partial charge in [-0.1, -0.05) is 0 Å². The number of nitrogens with zero attached hydrogens (tertiary/aromatic N) is 1. The van der Waals surface area contributed by atoms with E-state index in [-0.39, 0.29) is 0 Å². The molecule has 1 heterocycles. The zero-order chi connectivity index (χ0) is 12.3. The molecule has 4 atom stereocenters. The zero-order valence-corrected chi connectivity index (χ0v) is 11.6. The van der Waals surface area contributed by atoms with Crippen LogP contribution in [0.5, 0.6) is 0 Å². The molecular weight excluding hydrogens is 212 g/mol. The third-order valence-corrected chi connectivity index (χ3v) is 4.47. The highest BCUT2D eigenvalue weighted by atomic mass is 16.5. The Hall–Kier alpha value is -0.120. The lowest BCUT2D eigenvalue weighted by Crippen LogP contribution is -2.45. The Bertz CT molecular complexity index is 222. The van der Waals surface area contributed by atoms with Crippen molar-refractivity contribution in [1.82, 2.24) is 10.2 Å². The molecule has 1 saturated carbocycles. The fourth-order valence-corrected chi connectivity index (χ4v) is 3.31. The summed E-state index contributed by atoms with van der Waals surface area (Å²) in [7, 11) is 1.86. The first kappa shape index (κ1) is 13.3. The third-order valence-electron chi connectivity index (χ3n) is 4.47. The molecule has 1 aliphatic heterocycles. The van der Waals surface area contributed by atoms with Crippen LogP contribution in [0.15, 0.2) is 0 Å². The molecule has 0 spiro atoms. The third kappa shape index (κ3) is 3.67. The Morgan fingerprint density at radius 2 is 1.65 bits per heavy atom. The summed E-state index contributed by atoms with van der Waals surface area (Å²) in [6.45, 7) is 7.13. The second-order valence-corrected chi connectivity index (χ2v) is 5.91. The van der Waals surface area contributed by atoms with Crippen molar-refractivity contribution in [2.24, 2.45) is 0 Å². The van der Waals surface area contributed by atoms with Crippen LogP contribution in [0.4, 0.5) is 0 Å². The van der Waals surface area contributed by atoms with E-state index in [4.69, 9.17) is 4.74 Å². The lowest BCUT2D eigenvalue weighted by molar-refractivity contribution is 0.0932. The molecular formula is C14H28N2O. The largest absolute Gasteiger partial charge is 0.381 e. The fourth-order valence-electron chi connectivity index (χ4n) is 3.31. The number of hydrogen-bond acceptors (Lipinski definition) is 3. The van der Waals surface area contributed by atoms with Gasteiger partial charge < -0.3 is 15.0 Å². The Kier molecular flexibility index (Phi) is 4.83. The molecule has 17 heavy (non-hydrogen) atoms. The van der Waals surface area contributed by atoms with Crippen LogP contribution in [0.25, 0.3) is 0 Å². The van der Waals surface area contributed by atoms with E-state index >= 15 is 0 Å². The number of hydrogen-bond donors (Lipinski definition) is 1. The van der Waals surface area contributed by atoms with Gasteiger partial charge in [-0.05, 0) is 59.0 Å². The smallest absolute Gasteiger partial charge is 0.0586 e. The summed E-state index contributed by atoms with van der Waals surface area (Å²) >= 11 is 0. The van der Waals surface area contributed by atoms with Crippen LogP contribution in [-0.2, 0) is 4.74 Å². The van der Waals surface area contributed by atoms with E-state index in [1.807, 2.05) is 7.11 Å². The van der Waals surface area contributed by atoms with Crippen molar-refractivity contribution in [2.75, 3.05) is 20.2 Å². The standard InChI is InChI=1S/C14H28N2O/c1-11-6-8-16(9-7-12(2)15-11)13-4-5-14(10-13)17-3/h11-15H,4-10H2,1-3H3. The molecule has 0 aromatic carbocycles. The lowest BCUT2D eigenvalue weighted by Gasteiger charge is -2.34. The number of methoxy groups -OCH3 is 1. The average Bonchev–Trinajstić information content (AvgIpc) is 2.75. The van der Waals surface area contributed by atoms with Crippen molar-refractivity contribution in [3.63, 3.8) is 0 Å². The molecule has 0 bridgehead atoms. The first-order valence-corrected chi connectivity index (χ1v) is 7.22. The maximum Gasteiger partial charge on any atom is 0.0586 e. The van der Waals surface area contributed by atoms with Crippen LogP contribution >= 0.6 is 0 Å². The monoisotopic (exact) mass is 240 g/mol. The summed E-state index contributed by atoms with van der Waals surface area (Å²) in [5.41, 5.74) is 0. The maximum atomic E-state index is 5.49. The van der Waals surface area contributed by atoms with Gasteiger partial charge in [0.05, 0.1) is 6.10 Å². The number of nitrogens with one attached hydrogen (secondary N) is 1. The van der Waals surface area contributed by atoms with Gasteiger partial charge in [0.15, 0.2) is 0 Å².